The number of nitrogens with zero attached hydrogens (tertiary/aromatic N) is 2. The Morgan fingerprint density at radius 1 is 1.00 bits per heavy atom. The van der Waals surface area contributed by atoms with E-state index in [2.05, 4.69) is 15.3 Å². The first-order valence-corrected chi connectivity index (χ1v) is 8.30. The number of pyridine rings is 1. The van der Waals surface area contributed by atoms with Crippen molar-refractivity contribution in [2.45, 2.75) is 13.1 Å². The Kier molecular flexibility index (Phi) is 5.05. The van der Waals surface area contributed by atoms with E-state index in [-0.39, 0.29) is 0 Å². The molecule has 0 radical (unpaired) electrons. The average Bonchev–Trinajstić information content (AvgIpc) is 2.97. The van der Waals surface area contributed by atoms with E-state index in [1.165, 1.54) is 0 Å². The Morgan fingerprint density at radius 2 is 1.82 bits per heavy atom. The van der Waals surface area contributed by atoms with Crippen molar-refractivity contribution in [2.24, 2.45) is 0 Å². The number of benzene rings is 1. The van der Waals surface area contributed by atoms with Crippen molar-refractivity contribution >= 4 is 34.5 Å². The molecule has 1 aromatic carbocycles. The third-order valence-electron chi connectivity index (χ3n) is 3.09. The van der Waals surface area contributed by atoms with Gasteiger partial charge in [0.05, 0.1) is 14.9 Å². The third kappa shape index (κ3) is 3.65. The second kappa shape index (κ2) is 7.20. The Morgan fingerprint density at radius 3 is 2.55 bits per heavy atom. The Balaban J connectivity index is 1.67. The van der Waals surface area contributed by atoms with E-state index >= 15 is 0 Å². The summed E-state index contributed by atoms with van der Waals surface area (Å²) in [6, 6.07) is 9.48. The van der Waals surface area contributed by atoms with Gasteiger partial charge in [0.15, 0.2) is 0 Å². The molecule has 0 bridgehead atoms. The number of nitrogens with one attached hydrogen (secondary N) is 1. The zero-order valence-corrected chi connectivity index (χ0v) is 13.9. The van der Waals surface area contributed by atoms with Crippen molar-refractivity contribution in [1.29, 1.82) is 0 Å². The van der Waals surface area contributed by atoms with Crippen LogP contribution < -0.4 is 5.32 Å². The van der Waals surface area contributed by atoms with Crippen molar-refractivity contribution < 1.29 is 0 Å². The van der Waals surface area contributed by atoms with Gasteiger partial charge >= 0.3 is 0 Å². The normalized spacial score (nSPS) is 10.8. The molecule has 0 aliphatic carbocycles. The molecule has 2 aromatic heterocycles. The zero-order valence-electron chi connectivity index (χ0n) is 11.6. The van der Waals surface area contributed by atoms with Gasteiger partial charge in [-0.15, -0.1) is 11.3 Å². The van der Waals surface area contributed by atoms with Gasteiger partial charge in [0, 0.05) is 37.2 Å². The molecule has 0 saturated heterocycles. The van der Waals surface area contributed by atoms with Crippen LogP contribution in [0.1, 0.15) is 10.6 Å². The molecule has 0 amide bonds. The van der Waals surface area contributed by atoms with E-state index in [4.69, 9.17) is 23.2 Å². The summed E-state index contributed by atoms with van der Waals surface area (Å²) in [5.74, 6) is 0. The highest BCUT2D eigenvalue weighted by Gasteiger charge is 2.11. The second-order valence-corrected chi connectivity index (χ2v) is 6.61. The van der Waals surface area contributed by atoms with Crippen molar-refractivity contribution in [3.63, 3.8) is 0 Å². The highest BCUT2D eigenvalue weighted by atomic mass is 35.5. The largest absolute Gasteiger partial charge is 0.306 e. The molecule has 3 rings (SSSR count). The first-order valence-electron chi connectivity index (χ1n) is 6.73. The maximum absolute atomic E-state index is 6.23. The quantitative estimate of drug-likeness (QED) is 0.718. The third-order valence-corrected chi connectivity index (χ3v) is 4.74. The molecule has 0 spiro atoms. The van der Waals surface area contributed by atoms with Crippen LogP contribution in [0.15, 0.2) is 48.9 Å². The molecule has 0 saturated carbocycles. The predicted octanol–water partition coefficient (Wildman–Crippen LogP) is 4.80. The van der Waals surface area contributed by atoms with Crippen LogP contribution in [0.4, 0.5) is 0 Å². The van der Waals surface area contributed by atoms with Crippen molar-refractivity contribution in [3.8, 4) is 10.4 Å². The number of rotatable bonds is 5. The van der Waals surface area contributed by atoms with E-state index in [1.54, 1.807) is 17.5 Å². The predicted molar refractivity (Wildman–Crippen MR) is 92.4 cm³/mol. The van der Waals surface area contributed by atoms with E-state index < -0.39 is 0 Å². The van der Waals surface area contributed by atoms with Crippen LogP contribution >= 0.6 is 34.5 Å². The molecule has 3 nitrogen and oxygen atoms in total. The van der Waals surface area contributed by atoms with Gasteiger partial charge in [-0.1, -0.05) is 35.3 Å². The van der Waals surface area contributed by atoms with Gasteiger partial charge in [0.1, 0.15) is 5.01 Å². The van der Waals surface area contributed by atoms with Crippen LogP contribution in [0.25, 0.3) is 10.4 Å². The van der Waals surface area contributed by atoms with Crippen molar-refractivity contribution in [2.75, 3.05) is 0 Å². The Hall–Kier alpha value is -1.46. The van der Waals surface area contributed by atoms with Crippen LogP contribution in [0.3, 0.4) is 0 Å². The first kappa shape index (κ1) is 15.4. The van der Waals surface area contributed by atoms with Crippen LogP contribution in [0.5, 0.6) is 0 Å². The van der Waals surface area contributed by atoms with Crippen molar-refractivity contribution in [3.05, 3.63) is 69.5 Å². The lowest BCUT2D eigenvalue weighted by Gasteiger charge is -2.03. The summed E-state index contributed by atoms with van der Waals surface area (Å²) in [4.78, 5) is 9.50. The van der Waals surface area contributed by atoms with Gasteiger partial charge in [-0.25, -0.2) is 4.98 Å². The number of thiazole rings is 1. The molecule has 0 aliphatic heterocycles. The summed E-state index contributed by atoms with van der Waals surface area (Å²) in [6.07, 6.45) is 5.44. The van der Waals surface area contributed by atoms with Gasteiger partial charge < -0.3 is 5.32 Å². The fraction of sp³-hybridized carbons (Fsp3) is 0.125. The van der Waals surface area contributed by atoms with Crippen LogP contribution in [0, 0.1) is 0 Å². The summed E-state index contributed by atoms with van der Waals surface area (Å²) >= 11 is 14.1. The van der Waals surface area contributed by atoms with Crippen LogP contribution in [0.2, 0.25) is 10.0 Å². The standard InChI is InChI=1S/C16H13Cl2N3S/c17-12-4-1-5-13(18)16(12)14-9-21-15(22-14)10-20-8-11-3-2-6-19-7-11/h1-7,9,20H,8,10H2. The summed E-state index contributed by atoms with van der Waals surface area (Å²) in [5, 5.41) is 5.64. The van der Waals surface area contributed by atoms with Crippen LogP contribution in [-0.2, 0) is 13.1 Å². The molecular formula is C16H13Cl2N3S. The lowest BCUT2D eigenvalue weighted by atomic mass is 10.2. The minimum atomic E-state index is 0.644. The molecule has 0 unspecified atom stereocenters. The Bertz CT molecular complexity index is 739. The average molecular weight is 350 g/mol. The van der Waals surface area contributed by atoms with E-state index in [9.17, 15) is 0 Å². The van der Waals surface area contributed by atoms with Gasteiger partial charge in [0.2, 0.25) is 0 Å². The number of aromatic nitrogens is 2. The molecule has 0 atom stereocenters. The fourth-order valence-electron chi connectivity index (χ4n) is 2.06. The highest BCUT2D eigenvalue weighted by Crippen LogP contribution is 2.37. The van der Waals surface area contributed by atoms with Crippen LogP contribution in [-0.4, -0.2) is 9.97 Å². The highest BCUT2D eigenvalue weighted by molar-refractivity contribution is 7.15. The minimum absolute atomic E-state index is 0.644. The molecule has 0 fully saturated rings. The Labute approximate surface area is 143 Å². The summed E-state index contributed by atoms with van der Waals surface area (Å²) in [7, 11) is 0. The molecule has 112 valence electrons. The number of hydrogen-bond donors (Lipinski definition) is 1. The van der Waals surface area contributed by atoms with E-state index in [1.807, 2.05) is 42.7 Å². The molecule has 1 N–H and O–H groups in total. The summed E-state index contributed by atoms with van der Waals surface area (Å²) in [5.41, 5.74) is 2.00. The van der Waals surface area contributed by atoms with Crippen molar-refractivity contribution in [1.82, 2.24) is 15.3 Å². The number of halogens is 2. The topological polar surface area (TPSA) is 37.8 Å². The van der Waals surface area contributed by atoms with E-state index in [0.717, 1.165) is 27.6 Å². The molecule has 0 aliphatic rings. The monoisotopic (exact) mass is 349 g/mol. The molecule has 22 heavy (non-hydrogen) atoms. The summed E-state index contributed by atoms with van der Waals surface area (Å²) < 4.78 is 0. The molecular weight excluding hydrogens is 337 g/mol. The fourth-order valence-corrected chi connectivity index (χ4v) is 3.73. The molecule has 6 heteroatoms. The van der Waals surface area contributed by atoms with Gasteiger partial charge in [-0.05, 0) is 23.8 Å². The maximum atomic E-state index is 6.23. The molecule has 2 heterocycles. The van der Waals surface area contributed by atoms with E-state index in [0.29, 0.717) is 16.6 Å². The van der Waals surface area contributed by atoms with Gasteiger partial charge in [-0.2, -0.15) is 0 Å². The number of hydrogen-bond acceptors (Lipinski definition) is 4. The SMILES string of the molecule is Clc1cccc(Cl)c1-c1cnc(CNCc2cccnc2)s1. The lowest BCUT2D eigenvalue weighted by molar-refractivity contribution is 0.688. The maximum Gasteiger partial charge on any atom is 0.107 e. The smallest absolute Gasteiger partial charge is 0.107 e. The first-order chi connectivity index (χ1) is 10.7. The molecule has 3 aromatic rings. The van der Waals surface area contributed by atoms with Gasteiger partial charge in [-0.3, -0.25) is 4.98 Å². The lowest BCUT2D eigenvalue weighted by Crippen LogP contribution is -2.12. The summed E-state index contributed by atoms with van der Waals surface area (Å²) in [6.45, 7) is 1.46. The second-order valence-electron chi connectivity index (χ2n) is 4.68. The van der Waals surface area contributed by atoms with Gasteiger partial charge in [0.25, 0.3) is 0 Å². The minimum Gasteiger partial charge on any atom is -0.306 e. The zero-order chi connectivity index (χ0) is 15.4.